The Kier molecular flexibility index (Phi) is 4.42. The van der Waals surface area contributed by atoms with Crippen molar-refractivity contribution in [3.8, 4) is 6.01 Å². The number of ether oxygens (including phenoxy) is 2. The molecule has 0 bridgehead atoms. The fraction of sp³-hybridized carbons (Fsp3) is 0.583. The summed E-state index contributed by atoms with van der Waals surface area (Å²) in [7, 11) is 2.91. The summed E-state index contributed by atoms with van der Waals surface area (Å²) in [4.78, 5) is 21.8. The number of aromatic nitrogens is 2. The molecule has 0 amide bonds. The number of piperidine rings is 1. The van der Waals surface area contributed by atoms with Crippen molar-refractivity contribution in [2.24, 2.45) is 5.92 Å². The second-order valence-electron chi connectivity index (χ2n) is 4.34. The zero-order valence-corrected chi connectivity index (χ0v) is 11.7. The average Bonchev–Trinajstić information content (AvgIpc) is 2.47. The molecule has 2 rings (SSSR count). The first kappa shape index (κ1) is 13.9. The van der Waals surface area contributed by atoms with Crippen LogP contribution in [-0.4, -0.2) is 43.2 Å². The molecule has 2 heterocycles. The highest BCUT2D eigenvalue weighted by molar-refractivity contribution is 6.32. The zero-order valence-electron chi connectivity index (χ0n) is 10.9. The molecule has 0 N–H and O–H groups in total. The van der Waals surface area contributed by atoms with Gasteiger partial charge in [0.05, 0.1) is 26.3 Å². The lowest BCUT2D eigenvalue weighted by Crippen LogP contribution is -2.39. The van der Waals surface area contributed by atoms with Crippen LogP contribution in [0.2, 0.25) is 5.02 Å². The molecule has 0 saturated carbocycles. The van der Waals surface area contributed by atoms with Crippen LogP contribution in [0.5, 0.6) is 6.01 Å². The summed E-state index contributed by atoms with van der Waals surface area (Å²) in [5, 5.41) is 0.450. The largest absolute Gasteiger partial charge is 0.469 e. The van der Waals surface area contributed by atoms with Gasteiger partial charge in [0.2, 0.25) is 0 Å². The van der Waals surface area contributed by atoms with Gasteiger partial charge >= 0.3 is 12.0 Å². The number of carbonyl (C=O) groups is 1. The first-order valence-electron chi connectivity index (χ1n) is 6.05. The fourth-order valence-corrected chi connectivity index (χ4v) is 2.40. The molecule has 1 atom stereocenters. The first-order valence-corrected chi connectivity index (χ1v) is 6.42. The van der Waals surface area contributed by atoms with Crippen LogP contribution in [-0.2, 0) is 9.53 Å². The molecule has 1 fully saturated rings. The molecule has 1 unspecified atom stereocenters. The normalized spacial score (nSPS) is 19.1. The van der Waals surface area contributed by atoms with E-state index in [4.69, 9.17) is 21.1 Å². The molecule has 0 spiro atoms. The summed E-state index contributed by atoms with van der Waals surface area (Å²) in [6, 6.07) is 0.264. The van der Waals surface area contributed by atoms with Crippen molar-refractivity contribution in [2.75, 3.05) is 32.2 Å². The lowest BCUT2D eigenvalue weighted by atomic mass is 9.98. The monoisotopic (exact) mass is 285 g/mol. The van der Waals surface area contributed by atoms with E-state index in [1.54, 1.807) is 0 Å². The van der Waals surface area contributed by atoms with Gasteiger partial charge in [-0.3, -0.25) is 4.79 Å². The number of anilines is 1. The number of halogens is 1. The van der Waals surface area contributed by atoms with Gasteiger partial charge in [0.15, 0.2) is 5.82 Å². The SMILES string of the molecule is COC(=O)C1CCCN(c2nc(OC)ncc2Cl)C1. The van der Waals surface area contributed by atoms with Crippen LogP contribution in [0.1, 0.15) is 12.8 Å². The highest BCUT2D eigenvalue weighted by Gasteiger charge is 2.28. The van der Waals surface area contributed by atoms with Crippen molar-refractivity contribution in [3.63, 3.8) is 0 Å². The maximum Gasteiger partial charge on any atom is 0.318 e. The summed E-state index contributed by atoms with van der Waals surface area (Å²) in [5.74, 6) is 0.264. The van der Waals surface area contributed by atoms with Gasteiger partial charge in [-0.25, -0.2) is 4.98 Å². The number of hydrogen-bond donors (Lipinski definition) is 0. The van der Waals surface area contributed by atoms with E-state index in [1.165, 1.54) is 20.4 Å². The summed E-state index contributed by atoms with van der Waals surface area (Å²) < 4.78 is 9.79. The van der Waals surface area contributed by atoms with Crippen LogP contribution in [0.4, 0.5) is 5.82 Å². The van der Waals surface area contributed by atoms with Crippen molar-refractivity contribution in [1.29, 1.82) is 0 Å². The van der Waals surface area contributed by atoms with Gasteiger partial charge < -0.3 is 14.4 Å². The van der Waals surface area contributed by atoms with Gasteiger partial charge in [-0.05, 0) is 12.8 Å². The molecular formula is C12H16ClN3O3. The van der Waals surface area contributed by atoms with Crippen LogP contribution < -0.4 is 9.64 Å². The summed E-state index contributed by atoms with van der Waals surface area (Å²) in [5.41, 5.74) is 0. The van der Waals surface area contributed by atoms with E-state index in [0.29, 0.717) is 17.4 Å². The van der Waals surface area contributed by atoms with Crippen LogP contribution in [0.15, 0.2) is 6.20 Å². The molecule has 104 valence electrons. The van der Waals surface area contributed by atoms with Crippen LogP contribution in [0.25, 0.3) is 0 Å². The third kappa shape index (κ3) is 3.07. The Labute approximate surface area is 116 Å². The maximum atomic E-state index is 11.6. The Balaban J connectivity index is 2.19. The predicted molar refractivity (Wildman–Crippen MR) is 70.5 cm³/mol. The fourth-order valence-electron chi connectivity index (χ4n) is 2.19. The zero-order chi connectivity index (χ0) is 13.8. The number of rotatable bonds is 3. The van der Waals surface area contributed by atoms with E-state index in [0.717, 1.165) is 19.4 Å². The topological polar surface area (TPSA) is 64.5 Å². The summed E-state index contributed by atoms with van der Waals surface area (Å²) in [6.07, 6.45) is 3.22. The van der Waals surface area contributed by atoms with Gasteiger partial charge in [0.1, 0.15) is 5.02 Å². The molecule has 0 aromatic carbocycles. The van der Waals surface area contributed by atoms with E-state index in [2.05, 4.69) is 9.97 Å². The van der Waals surface area contributed by atoms with Crippen LogP contribution in [0.3, 0.4) is 0 Å². The average molecular weight is 286 g/mol. The lowest BCUT2D eigenvalue weighted by Gasteiger charge is -2.32. The quantitative estimate of drug-likeness (QED) is 0.785. The first-order chi connectivity index (χ1) is 9.15. The lowest BCUT2D eigenvalue weighted by molar-refractivity contribution is -0.145. The van der Waals surface area contributed by atoms with Crippen molar-refractivity contribution in [3.05, 3.63) is 11.2 Å². The van der Waals surface area contributed by atoms with E-state index in [1.807, 2.05) is 4.90 Å². The number of methoxy groups -OCH3 is 2. The van der Waals surface area contributed by atoms with Crippen LogP contribution in [0, 0.1) is 5.92 Å². The van der Waals surface area contributed by atoms with Crippen LogP contribution >= 0.6 is 11.6 Å². The number of carbonyl (C=O) groups excluding carboxylic acids is 1. The minimum Gasteiger partial charge on any atom is -0.469 e. The Morgan fingerprint density at radius 1 is 1.53 bits per heavy atom. The van der Waals surface area contributed by atoms with Gasteiger partial charge in [-0.15, -0.1) is 0 Å². The molecule has 0 aliphatic carbocycles. The molecule has 1 aromatic rings. The Morgan fingerprint density at radius 2 is 2.32 bits per heavy atom. The summed E-state index contributed by atoms with van der Waals surface area (Å²) in [6.45, 7) is 1.35. The smallest absolute Gasteiger partial charge is 0.318 e. The molecule has 1 aliphatic heterocycles. The van der Waals surface area contributed by atoms with Crippen molar-refractivity contribution in [1.82, 2.24) is 9.97 Å². The Morgan fingerprint density at radius 3 is 3.00 bits per heavy atom. The number of hydrogen-bond acceptors (Lipinski definition) is 6. The van der Waals surface area contributed by atoms with Gasteiger partial charge in [-0.2, -0.15) is 4.98 Å². The Hall–Kier alpha value is -1.56. The van der Waals surface area contributed by atoms with Crippen molar-refractivity contribution >= 4 is 23.4 Å². The molecule has 1 saturated heterocycles. The highest BCUT2D eigenvalue weighted by Crippen LogP contribution is 2.29. The van der Waals surface area contributed by atoms with E-state index in [-0.39, 0.29) is 17.9 Å². The molecule has 19 heavy (non-hydrogen) atoms. The number of nitrogens with zero attached hydrogens (tertiary/aromatic N) is 3. The second kappa shape index (κ2) is 6.06. The molecule has 6 nitrogen and oxygen atoms in total. The Bertz CT molecular complexity index is 470. The molecule has 1 aromatic heterocycles. The van der Waals surface area contributed by atoms with Crippen molar-refractivity contribution < 1.29 is 14.3 Å². The second-order valence-corrected chi connectivity index (χ2v) is 4.74. The van der Waals surface area contributed by atoms with Gasteiger partial charge in [0, 0.05) is 13.1 Å². The van der Waals surface area contributed by atoms with Gasteiger partial charge in [0.25, 0.3) is 0 Å². The van der Waals surface area contributed by atoms with E-state index >= 15 is 0 Å². The van der Waals surface area contributed by atoms with E-state index < -0.39 is 0 Å². The minimum absolute atomic E-state index is 0.143. The summed E-state index contributed by atoms with van der Waals surface area (Å²) >= 11 is 6.11. The predicted octanol–water partition coefficient (Wildman–Crippen LogP) is 1.53. The third-order valence-electron chi connectivity index (χ3n) is 3.14. The third-order valence-corrected chi connectivity index (χ3v) is 3.41. The minimum atomic E-state index is -0.193. The van der Waals surface area contributed by atoms with Crippen molar-refractivity contribution in [2.45, 2.75) is 12.8 Å². The van der Waals surface area contributed by atoms with Gasteiger partial charge in [-0.1, -0.05) is 11.6 Å². The van der Waals surface area contributed by atoms with E-state index in [9.17, 15) is 4.79 Å². The molecular weight excluding hydrogens is 270 g/mol. The molecule has 1 aliphatic rings. The maximum absolute atomic E-state index is 11.6. The highest BCUT2D eigenvalue weighted by atomic mass is 35.5. The molecule has 0 radical (unpaired) electrons. The standard InChI is InChI=1S/C12H16ClN3O3/c1-18-11(17)8-4-3-5-16(7-8)10-9(13)6-14-12(15-10)19-2/h6,8H,3-5,7H2,1-2H3. The molecule has 7 heteroatoms. The number of esters is 1.